The van der Waals surface area contributed by atoms with Crippen LogP contribution in [0.2, 0.25) is 0 Å². The standard InChI is InChI=1S/C15H17N/c1-11-6-7-15(12(2)8-11)14-5-3-4-13(9-14)10-16/h3-9H,10,16H2,1-2H3. The third-order valence-corrected chi connectivity index (χ3v) is 2.86. The summed E-state index contributed by atoms with van der Waals surface area (Å²) in [4.78, 5) is 0. The van der Waals surface area contributed by atoms with E-state index in [0.29, 0.717) is 6.54 Å². The van der Waals surface area contributed by atoms with Crippen molar-refractivity contribution in [3.63, 3.8) is 0 Å². The Morgan fingerprint density at radius 2 is 1.81 bits per heavy atom. The number of benzene rings is 2. The minimum Gasteiger partial charge on any atom is -0.326 e. The predicted octanol–water partition coefficient (Wildman–Crippen LogP) is 3.43. The Balaban J connectivity index is 2.49. The van der Waals surface area contributed by atoms with Crippen molar-refractivity contribution in [2.24, 2.45) is 5.73 Å². The highest BCUT2D eigenvalue weighted by Gasteiger charge is 2.02. The first-order valence-corrected chi connectivity index (χ1v) is 5.57. The zero-order valence-corrected chi connectivity index (χ0v) is 9.83. The molecule has 0 saturated carbocycles. The average molecular weight is 211 g/mol. The molecule has 16 heavy (non-hydrogen) atoms. The molecular weight excluding hydrogens is 194 g/mol. The van der Waals surface area contributed by atoms with E-state index in [-0.39, 0.29) is 0 Å². The van der Waals surface area contributed by atoms with Crippen LogP contribution < -0.4 is 5.73 Å². The molecule has 0 spiro atoms. The maximum atomic E-state index is 5.66. The number of hydrogen-bond donors (Lipinski definition) is 1. The van der Waals surface area contributed by atoms with Crippen LogP contribution in [0.25, 0.3) is 11.1 Å². The second kappa shape index (κ2) is 4.50. The van der Waals surface area contributed by atoms with Crippen LogP contribution in [0.15, 0.2) is 42.5 Å². The average Bonchev–Trinajstić information content (AvgIpc) is 2.29. The van der Waals surface area contributed by atoms with Crippen LogP contribution in [0, 0.1) is 13.8 Å². The molecule has 2 rings (SSSR count). The van der Waals surface area contributed by atoms with Crippen molar-refractivity contribution in [2.45, 2.75) is 20.4 Å². The molecule has 0 saturated heterocycles. The van der Waals surface area contributed by atoms with E-state index in [1.165, 1.54) is 27.8 Å². The molecule has 0 bridgehead atoms. The second-order valence-corrected chi connectivity index (χ2v) is 4.22. The summed E-state index contributed by atoms with van der Waals surface area (Å²) in [5.74, 6) is 0. The van der Waals surface area contributed by atoms with Crippen LogP contribution in [0.1, 0.15) is 16.7 Å². The van der Waals surface area contributed by atoms with Crippen LogP contribution in [0.3, 0.4) is 0 Å². The molecule has 0 heterocycles. The lowest BCUT2D eigenvalue weighted by molar-refractivity contribution is 1.07. The van der Waals surface area contributed by atoms with E-state index >= 15 is 0 Å². The summed E-state index contributed by atoms with van der Waals surface area (Å²) < 4.78 is 0. The van der Waals surface area contributed by atoms with Crippen molar-refractivity contribution in [2.75, 3.05) is 0 Å². The van der Waals surface area contributed by atoms with Gasteiger partial charge in [-0.1, -0.05) is 42.0 Å². The van der Waals surface area contributed by atoms with Gasteiger partial charge in [-0.2, -0.15) is 0 Å². The number of hydrogen-bond acceptors (Lipinski definition) is 1. The highest BCUT2D eigenvalue weighted by molar-refractivity contribution is 5.68. The molecule has 0 aliphatic heterocycles. The highest BCUT2D eigenvalue weighted by atomic mass is 14.5. The van der Waals surface area contributed by atoms with Crippen molar-refractivity contribution in [1.29, 1.82) is 0 Å². The summed E-state index contributed by atoms with van der Waals surface area (Å²) in [7, 11) is 0. The van der Waals surface area contributed by atoms with E-state index in [1.807, 2.05) is 0 Å². The van der Waals surface area contributed by atoms with Gasteiger partial charge in [0.25, 0.3) is 0 Å². The normalized spacial score (nSPS) is 10.4. The smallest absolute Gasteiger partial charge is 0.0178 e. The van der Waals surface area contributed by atoms with Crippen LogP contribution in [0.5, 0.6) is 0 Å². The van der Waals surface area contributed by atoms with Crippen molar-refractivity contribution < 1.29 is 0 Å². The van der Waals surface area contributed by atoms with Gasteiger partial charge in [-0.3, -0.25) is 0 Å². The van der Waals surface area contributed by atoms with Gasteiger partial charge in [-0.05, 0) is 42.2 Å². The Bertz CT molecular complexity index is 501. The van der Waals surface area contributed by atoms with E-state index in [4.69, 9.17) is 5.73 Å². The molecule has 0 fully saturated rings. The van der Waals surface area contributed by atoms with Crippen molar-refractivity contribution >= 4 is 0 Å². The first-order valence-electron chi connectivity index (χ1n) is 5.57. The largest absolute Gasteiger partial charge is 0.326 e. The van der Waals surface area contributed by atoms with Gasteiger partial charge in [0.2, 0.25) is 0 Å². The first-order chi connectivity index (χ1) is 7.70. The molecule has 0 aliphatic carbocycles. The number of aryl methyl sites for hydroxylation is 2. The van der Waals surface area contributed by atoms with Gasteiger partial charge >= 0.3 is 0 Å². The zero-order valence-electron chi connectivity index (χ0n) is 9.83. The molecule has 0 aliphatic rings. The molecule has 2 N–H and O–H groups in total. The Hall–Kier alpha value is -1.60. The van der Waals surface area contributed by atoms with Crippen molar-refractivity contribution in [3.8, 4) is 11.1 Å². The number of nitrogens with two attached hydrogens (primary N) is 1. The molecule has 1 nitrogen and oxygen atoms in total. The van der Waals surface area contributed by atoms with E-state index in [1.54, 1.807) is 0 Å². The molecule has 0 amide bonds. The fraction of sp³-hybridized carbons (Fsp3) is 0.200. The summed E-state index contributed by atoms with van der Waals surface area (Å²) in [5.41, 5.74) is 12.0. The van der Waals surface area contributed by atoms with Crippen LogP contribution in [0.4, 0.5) is 0 Å². The minimum absolute atomic E-state index is 0.596. The molecule has 0 radical (unpaired) electrons. The Labute approximate surface area is 96.9 Å². The van der Waals surface area contributed by atoms with Gasteiger partial charge in [0.1, 0.15) is 0 Å². The van der Waals surface area contributed by atoms with Gasteiger partial charge in [0.15, 0.2) is 0 Å². The molecule has 1 heteroatoms. The summed E-state index contributed by atoms with van der Waals surface area (Å²) in [6.07, 6.45) is 0. The Morgan fingerprint density at radius 1 is 1.00 bits per heavy atom. The van der Waals surface area contributed by atoms with E-state index in [2.05, 4.69) is 56.3 Å². The number of rotatable bonds is 2. The van der Waals surface area contributed by atoms with Crippen molar-refractivity contribution in [1.82, 2.24) is 0 Å². The maximum Gasteiger partial charge on any atom is 0.0178 e. The third-order valence-electron chi connectivity index (χ3n) is 2.86. The molecule has 0 atom stereocenters. The topological polar surface area (TPSA) is 26.0 Å². The highest BCUT2D eigenvalue weighted by Crippen LogP contribution is 2.24. The van der Waals surface area contributed by atoms with E-state index in [0.717, 1.165) is 0 Å². The summed E-state index contributed by atoms with van der Waals surface area (Å²) >= 11 is 0. The van der Waals surface area contributed by atoms with Crippen LogP contribution >= 0.6 is 0 Å². The first kappa shape index (κ1) is 10.9. The molecule has 0 unspecified atom stereocenters. The monoisotopic (exact) mass is 211 g/mol. The molecule has 82 valence electrons. The van der Waals surface area contributed by atoms with Crippen LogP contribution in [-0.2, 0) is 6.54 Å². The predicted molar refractivity (Wildman–Crippen MR) is 69.2 cm³/mol. The summed E-state index contributed by atoms with van der Waals surface area (Å²) in [5, 5.41) is 0. The van der Waals surface area contributed by atoms with Gasteiger partial charge in [0.05, 0.1) is 0 Å². The van der Waals surface area contributed by atoms with Gasteiger partial charge < -0.3 is 5.73 Å². The summed E-state index contributed by atoms with van der Waals surface area (Å²) in [6.45, 7) is 4.86. The second-order valence-electron chi connectivity index (χ2n) is 4.22. The quantitative estimate of drug-likeness (QED) is 0.809. The Kier molecular flexibility index (Phi) is 3.07. The SMILES string of the molecule is Cc1ccc(-c2cccc(CN)c2)c(C)c1. The molecule has 0 aromatic heterocycles. The zero-order chi connectivity index (χ0) is 11.5. The van der Waals surface area contributed by atoms with Gasteiger partial charge in [-0.15, -0.1) is 0 Å². The van der Waals surface area contributed by atoms with E-state index in [9.17, 15) is 0 Å². The Morgan fingerprint density at radius 3 is 2.50 bits per heavy atom. The van der Waals surface area contributed by atoms with Gasteiger partial charge in [0, 0.05) is 6.54 Å². The maximum absolute atomic E-state index is 5.66. The van der Waals surface area contributed by atoms with Crippen molar-refractivity contribution in [3.05, 3.63) is 59.2 Å². The fourth-order valence-electron chi connectivity index (χ4n) is 2.00. The van der Waals surface area contributed by atoms with E-state index < -0.39 is 0 Å². The molecule has 2 aromatic carbocycles. The lowest BCUT2D eigenvalue weighted by atomic mass is 9.97. The van der Waals surface area contributed by atoms with Crippen LogP contribution in [-0.4, -0.2) is 0 Å². The fourth-order valence-corrected chi connectivity index (χ4v) is 2.00. The van der Waals surface area contributed by atoms with Gasteiger partial charge in [-0.25, -0.2) is 0 Å². The molecule has 2 aromatic rings. The third kappa shape index (κ3) is 2.15. The minimum atomic E-state index is 0.596. The summed E-state index contributed by atoms with van der Waals surface area (Å²) in [6, 6.07) is 15.0. The molecular formula is C15H17N. The lowest BCUT2D eigenvalue weighted by Crippen LogP contribution is -1.96. The lowest BCUT2D eigenvalue weighted by Gasteiger charge is -2.08.